The number of para-hydroxylation sites is 1. The number of rotatable bonds is 5. The van der Waals surface area contributed by atoms with Crippen molar-refractivity contribution in [3.8, 4) is 0 Å². The van der Waals surface area contributed by atoms with Gasteiger partial charge in [-0.05, 0) is 42.5 Å². The average molecular weight is 482 g/mol. The Morgan fingerprint density at radius 1 is 1.23 bits per heavy atom. The van der Waals surface area contributed by atoms with Crippen LogP contribution in [0.5, 0.6) is 0 Å². The topological polar surface area (TPSA) is 89.0 Å². The molecule has 8 nitrogen and oxygen atoms in total. The van der Waals surface area contributed by atoms with E-state index in [0.717, 1.165) is 13.1 Å². The van der Waals surface area contributed by atoms with Crippen LogP contribution >= 0.6 is 23.8 Å². The predicted molar refractivity (Wildman–Crippen MR) is 120 cm³/mol. The third kappa shape index (κ3) is 4.62. The summed E-state index contributed by atoms with van der Waals surface area (Å²) in [7, 11) is -3.86. The standard InChI is InChI=1S/C20H21ClN4O4S2/c1-14(26)24-10-8-23(9-11-24)13-25-18-12-15(6-7-19(18)29-20(25)30)31(27,28)22-17-5-3-2-4-16(17)21/h2-7,12,22H,8-11,13H2,1H3/p+1. The number of hydrogen-bond acceptors (Lipinski definition) is 5. The van der Waals surface area contributed by atoms with Crippen LogP contribution in [-0.2, 0) is 21.5 Å². The molecule has 0 aliphatic carbocycles. The van der Waals surface area contributed by atoms with Crippen molar-refractivity contribution in [1.82, 2.24) is 9.47 Å². The van der Waals surface area contributed by atoms with Crippen molar-refractivity contribution in [2.45, 2.75) is 18.5 Å². The number of piperazine rings is 1. The first-order chi connectivity index (χ1) is 14.7. The van der Waals surface area contributed by atoms with Gasteiger partial charge in [0, 0.05) is 6.92 Å². The minimum Gasteiger partial charge on any atom is -0.429 e. The van der Waals surface area contributed by atoms with Crippen molar-refractivity contribution < 1.29 is 22.5 Å². The Balaban J connectivity index is 1.61. The van der Waals surface area contributed by atoms with Gasteiger partial charge in [-0.15, -0.1) is 0 Å². The van der Waals surface area contributed by atoms with Crippen LogP contribution < -0.4 is 9.62 Å². The van der Waals surface area contributed by atoms with Gasteiger partial charge in [0.2, 0.25) is 5.91 Å². The van der Waals surface area contributed by atoms with Crippen molar-refractivity contribution in [2.24, 2.45) is 0 Å². The molecule has 11 heteroatoms. The lowest BCUT2D eigenvalue weighted by Gasteiger charge is -2.31. The van der Waals surface area contributed by atoms with E-state index in [9.17, 15) is 13.2 Å². The van der Waals surface area contributed by atoms with Gasteiger partial charge in [-0.25, -0.2) is 8.42 Å². The van der Waals surface area contributed by atoms with Crippen LogP contribution in [0.25, 0.3) is 11.1 Å². The summed E-state index contributed by atoms with van der Waals surface area (Å²) >= 11 is 11.5. The minimum atomic E-state index is -3.86. The van der Waals surface area contributed by atoms with Gasteiger partial charge in [-0.2, -0.15) is 0 Å². The van der Waals surface area contributed by atoms with E-state index in [1.165, 1.54) is 11.0 Å². The third-order valence-corrected chi connectivity index (χ3v) is 7.36. The molecular weight excluding hydrogens is 460 g/mol. The van der Waals surface area contributed by atoms with E-state index < -0.39 is 10.0 Å². The number of oxazole rings is 1. The summed E-state index contributed by atoms with van der Waals surface area (Å²) in [6, 6.07) is 11.3. The van der Waals surface area contributed by atoms with Gasteiger partial charge in [0.05, 0.1) is 47.3 Å². The molecule has 0 spiro atoms. The average Bonchev–Trinajstić information content (AvgIpc) is 3.04. The molecule has 2 heterocycles. The van der Waals surface area contributed by atoms with Crippen LogP contribution in [0.4, 0.5) is 5.69 Å². The number of aromatic nitrogens is 1. The maximum atomic E-state index is 12.9. The molecule has 0 bridgehead atoms. The molecule has 2 aromatic carbocycles. The monoisotopic (exact) mass is 481 g/mol. The molecule has 0 atom stereocenters. The van der Waals surface area contributed by atoms with Gasteiger partial charge in [0.25, 0.3) is 14.9 Å². The van der Waals surface area contributed by atoms with E-state index in [2.05, 4.69) is 4.72 Å². The fourth-order valence-corrected chi connectivity index (χ4v) is 5.22. The van der Waals surface area contributed by atoms with E-state index in [-0.39, 0.29) is 15.6 Å². The maximum absolute atomic E-state index is 12.9. The molecular formula is C20H22ClN4O4S2+. The largest absolute Gasteiger partial charge is 0.429 e. The zero-order valence-electron chi connectivity index (χ0n) is 16.8. The number of carbonyl (C=O) groups excluding carboxylic acids is 1. The molecule has 164 valence electrons. The highest BCUT2D eigenvalue weighted by Gasteiger charge is 2.24. The number of nitrogens with one attached hydrogen (secondary N) is 2. The molecule has 0 radical (unpaired) electrons. The fourth-order valence-electron chi connectivity index (χ4n) is 3.63. The summed E-state index contributed by atoms with van der Waals surface area (Å²) in [5.41, 5.74) is 1.43. The van der Waals surface area contributed by atoms with Crippen molar-refractivity contribution in [2.75, 3.05) is 30.9 Å². The van der Waals surface area contributed by atoms with Gasteiger partial charge in [0.15, 0.2) is 12.3 Å². The minimum absolute atomic E-state index is 0.0743. The lowest BCUT2D eigenvalue weighted by atomic mass is 10.3. The molecule has 1 saturated heterocycles. The first kappa shape index (κ1) is 21.8. The quantitative estimate of drug-likeness (QED) is 0.545. The van der Waals surface area contributed by atoms with E-state index in [4.69, 9.17) is 28.2 Å². The number of benzene rings is 2. The van der Waals surface area contributed by atoms with Crippen molar-refractivity contribution in [1.29, 1.82) is 0 Å². The number of quaternary nitrogens is 1. The Morgan fingerprint density at radius 3 is 2.61 bits per heavy atom. The number of amides is 1. The summed E-state index contributed by atoms with van der Waals surface area (Å²) in [6.45, 7) is 5.01. The highest BCUT2D eigenvalue weighted by Crippen LogP contribution is 2.26. The summed E-state index contributed by atoms with van der Waals surface area (Å²) in [5, 5.41) is 0.312. The number of hydrogen-bond donors (Lipinski definition) is 2. The van der Waals surface area contributed by atoms with Gasteiger partial charge in [-0.3, -0.25) is 14.1 Å². The maximum Gasteiger partial charge on any atom is 0.274 e. The van der Waals surface area contributed by atoms with Crippen molar-refractivity contribution in [3.63, 3.8) is 0 Å². The zero-order chi connectivity index (χ0) is 22.2. The molecule has 4 rings (SSSR count). The molecule has 1 aromatic heterocycles. The fraction of sp³-hybridized carbons (Fsp3) is 0.300. The normalized spacial score (nSPS) is 15.4. The number of halogens is 1. The van der Waals surface area contributed by atoms with Crippen LogP contribution in [0.1, 0.15) is 6.92 Å². The van der Waals surface area contributed by atoms with Crippen molar-refractivity contribution in [3.05, 3.63) is 52.3 Å². The second-order valence-corrected chi connectivity index (χ2v) is 9.86. The molecule has 1 fully saturated rings. The van der Waals surface area contributed by atoms with Crippen LogP contribution in [0, 0.1) is 4.84 Å². The van der Waals surface area contributed by atoms with Gasteiger partial charge in [0.1, 0.15) is 0 Å². The number of nitrogens with zero attached hydrogens (tertiary/aromatic N) is 2. The molecule has 1 aliphatic heterocycles. The van der Waals surface area contributed by atoms with Crippen LogP contribution in [0.3, 0.4) is 0 Å². The van der Waals surface area contributed by atoms with Crippen LogP contribution in [0.15, 0.2) is 51.8 Å². The Hall–Kier alpha value is -2.40. The summed E-state index contributed by atoms with van der Waals surface area (Å²) in [5.74, 6) is 0.0743. The van der Waals surface area contributed by atoms with Gasteiger partial charge < -0.3 is 14.2 Å². The molecule has 0 saturated carbocycles. The molecule has 1 amide bonds. The molecule has 2 N–H and O–H groups in total. The van der Waals surface area contributed by atoms with E-state index in [0.29, 0.717) is 41.6 Å². The van der Waals surface area contributed by atoms with Crippen LogP contribution in [0.2, 0.25) is 5.02 Å². The Bertz CT molecular complexity index is 1290. The molecule has 1 aliphatic rings. The number of sulfonamides is 1. The van der Waals surface area contributed by atoms with E-state index in [1.54, 1.807) is 47.9 Å². The summed E-state index contributed by atoms with van der Waals surface area (Å²) < 4.78 is 35.8. The van der Waals surface area contributed by atoms with Gasteiger partial charge in [-0.1, -0.05) is 23.7 Å². The van der Waals surface area contributed by atoms with E-state index in [1.807, 2.05) is 4.90 Å². The summed E-state index contributed by atoms with van der Waals surface area (Å²) in [6.07, 6.45) is 0. The molecule has 0 unspecified atom stereocenters. The lowest BCUT2D eigenvalue weighted by molar-refractivity contribution is -0.926. The summed E-state index contributed by atoms with van der Waals surface area (Å²) in [4.78, 5) is 15.0. The number of fused-ring (bicyclic) bond motifs is 1. The molecule has 3 aromatic rings. The smallest absolute Gasteiger partial charge is 0.274 e. The molecule has 31 heavy (non-hydrogen) atoms. The first-order valence-electron chi connectivity index (χ1n) is 9.74. The SMILES string of the molecule is CC(=O)N1CC[NH+](Cn2c(=S)oc3ccc(S(=O)(=O)Nc4ccccc4Cl)cc32)CC1. The first-order valence-corrected chi connectivity index (χ1v) is 12.0. The zero-order valence-corrected chi connectivity index (χ0v) is 19.2. The Labute approximate surface area is 190 Å². The van der Waals surface area contributed by atoms with Gasteiger partial charge >= 0.3 is 0 Å². The predicted octanol–water partition coefficient (Wildman–Crippen LogP) is 2.12. The van der Waals surface area contributed by atoms with Crippen molar-refractivity contribution >= 4 is 56.5 Å². The Morgan fingerprint density at radius 2 is 1.94 bits per heavy atom. The third-order valence-electron chi connectivity index (χ3n) is 5.36. The lowest BCUT2D eigenvalue weighted by Crippen LogP contribution is -3.14. The number of carbonyl (C=O) groups is 1. The van der Waals surface area contributed by atoms with E-state index >= 15 is 0 Å². The second-order valence-electron chi connectivity index (χ2n) is 7.43. The van der Waals surface area contributed by atoms with Crippen LogP contribution in [-0.4, -0.2) is 50.0 Å². The number of anilines is 1. The highest BCUT2D eigenvalue weighted by molar-refractivity contribution is 7.92. The Kier molecular flexibility index (Phi) is 6.07. The highest BCUT2D eigenvalue weighted by atomic mass is 35.5. The second kappa shape index (κ2) is 8.62.